The molecule has 1 atom stereocenters. The average molecular weight is 451 g/mol. The van der Waals surface area contributed by atoms with Crippen molar-refractivity contribution in [2.75, 3.05) is 24.5 Å². The second kappa shape index (κ2) is 10.9. The number of anilines is 1. The van der Waals surface area contributed by atoms with Gasteiger partial charge in [-0.25, -0.2) is 4.99 Å². The van der Waals surface area contributed by atoms with E-state index in [4.69, 9.17) is 11.5 Å². The summed E-state index contributed by atoms with van der Waals surface area (Å²) < 4.78 is 1.82. The lowest BCUT2D eigenvalue weighted by Crippen LogP contribution is -2.44. The number of nitrogens with two attached hydrogens (primary N) is 2. The van der Waals surface area contributed by atoms with Gasteiger partial charge >= 0.3 is 0 Å². The highest BCUT2D eigenvalue weighted by atomic mass is 16.2. The predicted octanol–water partition coefficient (Wildman–Crippen LogP) is 0.497. The van der Waals surface area contributed by atoms with Crippen LogP contribution < -0.4 is 32.1 Å². The van der Waals surface area contributed by atoms with Crippen molar-refractivity contribution in [2.24, 2.45) is 16.5 Å². The van der Waals surface area contributed by atoms with E-state index in [9.17, 15) is 4.79 Å². The molecule has 5 N–H and O–H groups in total. The van der Waals surface area contributed by atoms with Gasteiger partial charge in [-0.1, -0.05) is 42.5 Å². The van der Waals surface area contributed by atoms with E-state index in [1.807, 2.05) is 55.7 Å². The van der Waals surface area contributed by atoms with Crippen molar-refractivity contribution in [2.45, 2.75) is 46.2 Å². The molecule has 1 aromatic carbocycles. The zero-order chi connectivity index (χ0) is 24.0. The number of benzene rings is 1. The van der Waals surface area contributed by atoms with Gasteiger partial charge in [-0.3, -0.25) is 9.36 Å². The Morgan fingerprint density at radius 2 is 2.06 bits per heavy atom. The van der Waals surface area contributed by atoms with Crippen LogP contribution in [0.3, 0.4) is 0 Å². The SMILES string of the molecule is C=c1cccc/c1=C(C)/N=C(\N)CNC(=O)c1nnc(N2CCCC(N)C2)n1CC=C(C)C. The largest absolute Gasteiger partial charge is 0.386 e. The van der Waals surface area contributed by atoms with Gasteiger partial charge in [0.25, 0.3) is 5.91 Å². The minimum Gasteiger partial charge on any atom is -0.386 e. The molecule has 0 bridgehead atoms. The molecule has 3 rings (SSSR count). The Hall–Kier alpha value is -3.46. The first kappa shape index (κ1) is 24.2. The average Bonchev–Trinajstić information content (AvgIpc) is 3.20. The Morgan fingerprint density at radius 3 is 2.76 bits per heavy atom. The van der Waals surface area contributed by atoms with Gasteiger partial charge in [-0.2, -0.15) is 0 Å². The fourth-order valence-corrected chi connectivity index (χ4v) is 3.77. The van der Waals surface area contributed by atoms with Crippen LogP contribution >= 0.6 is 0 Å². The highest BCUT2D eigenvalue weighted by molar-refractivity contribution is 5.95. The molecule has 2 heterocycles. The second-order valence-electron chi connectivity index (χ2n) is 8.59. The Morgan fingerprint density at radius 1 is 1.30 bits per heavy atom. The maximum Gasteiger partial charge on any atom is 0.289 e. The number of nitrogens with zero attached hydrogens (tertiary/aromatic N) is 5. The molecule has 1 amide bonds. The molecule has 9 heteroatoms. The van der Waals surface area contributed by atoms with E-state index in [1.165, 1.54) is 0 Å². The van der Waals surface area contributed by atoms with Gasteiger partial charge in [0.1, 0.15) is 5.84 Å². The van der Waals surface area contributed by atoms with Crippen LogP contribution in [0.5, 0.6) is 0 Å². The van der Waals surface area contributed by atoms with Crippen molar-refractivity contribution in [3.05, 3.63) is 52.2 Å². The molecule has 1 saturated heterocycles. The lowest BCUT2D eigenvalue weighted by molar-refractivity contribution is 0.0944. The minimum absolute atomic E-state index is 0.0866. The maximum atomic E-state index is 13.0. The van der Waals surface area contributed by atoms with Crippen molar-refractivity contribution in [3.8, 4) is 0 Å². The van der Waals surface area contributed by atoms with Crippen molar-refractivity contribution in [1.82, 2.24) is 20.1 Å². The fourth-order valence-electron chi connectivity index (χ4n) is 3.77. The molecule has 0 aliphatic carbocycles. The minimum atomic E-state index is -0.356. The highest BCUT2D eigenvalue weighted by Gasteiger charge is 2.25. The molecule has 2 aromatic rings. The number of amidine groups is 1. The molecular formula is C24H34N8O. The van der Waals surface area contributed by atoms with Crippen LogP contribution in [0, 0.1) is 0 Å². The van der Waals surface area contributed by atoms with Crippen LogP contribution in [-0.2, 0) is 6.54 Å². The molecule has 1 aliphatic rings. The van der Waals surface area contributed by atoms with Crippen molar-refractivity contribution in [3.63, 3.8) is 0 Å². The fraction of sp³-hybridized carbons (Fsp3) is 0.417. The number of carbonyl (C=O) groups excluding carboxylic acids is 1. The zero-order valence-corrected chi connectivity index (χ0v) is 19.7. The maximum absolute atomic E-state index is 13.0. The number of aromatic nitrogens is 3. The van der Waals surface area contributed by atoms with Crippen LogP contribution in [0.25, 0.3) is 12.3 Å². The number of piperidine rings is 1. The van der Waals surface area contributed by atoms with Crippen LogP contribution in [0.1, 0.15) is 44.2 Å². The van der Waals surface area contributed by atoms with Crippen LogP contribution in [0.15, 0.2) is 40.9 Å². The van der Waals surface area contributed by atoms with Gasteiger partial charge in [0.05, 0.1) is 6.54 Å². The summed E-state index contributed by atoms with van der Waals surface area (Å²) in [4.78, 5) is 19.5. The van der Waals surface area contributed by atoms with Gasteiger partial charge in [-0.05, 0) is 38.8 Å². The second-order valence-corrected chi connectivity index (χ2v) is 8.59. The number of nitrogens with one attached hydrogen (secondary N) is 1. The first-order valence-corrected chi connectivity index (χ1v) is 11.2. The first-order valence-electron chi connectivity index (χ1n) is 11.2. The van der Waals surface area contributed by atoms with Crippen LogP contribution in [0.4, 0.5) is 5.95 Å². The summed E-state index contributed by atoms with van der Waals surface area (Å²) in [6, 6.07) is 7.78. The monoisotopic (exact) mass is 450 g/mol. The third-order valence-corrected chi connectivity index (χ3v) is 5.51. The Bertz CT molecular complexity index is 1160. The molecular weight excluding hydrogens is 416 g/mol. The molecule has 33 heavy (non-hydrogen) atoms. The molecule has 1 aromatic heterocycles. The third-order valence-electron chi connectivity index (χ3n) is 5.51. The normalized spacial score (nSPS) is 17.5. The van der Waals surface area contributed by atoms with Crippen molar-refractivity contribution >= 4 is 30.0 Å². The molecule has 1 fully saturated rings. The van der Waals surface area contributed by atoms with E-state index in [1.54, 1.807) is 0 Å². The molecule has 0 saturated carbocycles. The summed E-state index contributed by atoms with van der Waals surface area (Å²) in [5.74, 6) is 0.830. The smallest absolute Gasteiger partial charge is 0.289 e. The summed E-state index contributed by atoms with van der Waals surface area (Å²) in [6.07, 6.45) is 4.01. The predicted molar refractivity (Wildman–Crippen MR) is 133 cm³/mol. The first-order chi connectivity index (χ1) is 15.8. The standard InChI is InChI=1S/C24H34N8O/c1-16(2)11-13-32-22(29-30-24(32)31-12-7-9-19(25)15-31)23(33)27-14-21(26)28-18(4)20-10-6-5-8-17(20)3/h5-6,8,10-11,19H,3,7,9,12-15,25H2,1-2,4H3,(H2,26,28)(H,27,33)/b20-18-. The number of amides is 1. The van der Waals surface area contributed by atoms with Gasteiger partial charge in [0.2, 0.25) is 11.8 Å². The Kier molecular flexibility index (Phi) is 8.00. The summed E-state index contributed by atoms with van der Waals surface area (Å²) >= 11 is 0. The van der Waals surface area contributed by atoms with Gasteiger partial charge in [0, 0.05) is 36.6 Å². The Labute approximate surface area is 194 Å². The number of aliphatic imine (C=N–C) groups is 1. The molecule has 1 aliphatic heterocycles. The van der Waals surface area contributed by atoms with Gasteiger partial charge in [0.15, 0.2) is 0 Å². The summed E-state index contributed by atoms with van der Waals surface area (Å²) in [5, 5.41) is 13.1. The number of carbonyl (C=O) groups is 1. The lowest BCUT2D eigenvalue weighted by atomic mass is 10.1. The number of hydrogen-bond donors (Lipinski definition) is 3. The van der Waals surface area contributed by atoms with E-state index in [0.29, 0.717) is 24.9 Å². The Balaban J connectivity index is 1.79. The number of allylic oxidation sites excluding steroid dienone is 2. The van der Waals surface area contributed by atoms with E-state index < -0.39 is 0 Å². The van der Waals surface area contributed by atoms with E-state index in [0.717, 1.165) is 41.1 Å². The quantitative estimate of drug-likeness (QED) is 0.320. The number of rotatable bonds is 7. The molecule has 0 radical (unpaired) electrons. The molecule has 176 valence electrons. The number of hydrogen-bond acceptors (Lipinski definition) is 6. The molecule has 0 spiro atoms. The molecule has 9 nitrogen and oxygen atoms in total. The zero-order valence-electron chi connectivity index (χ0n) is 19.7. The van der Waals surface area contributed by atoms with Crippen molar-refractivity contribution in [1.29, 1.82) is 0 Å². The van der Waals surface area contributed by atoms with Crippen LogP contribution in [-0.4, -0.2) is 52.2 Å². The summed E-state index contributed by atoms with van der Waals surface area (Å²) in [6.45, 7) is 12.0. The van der Waals surface area contributed by atoms with E-state index in [2.05, 4.69) is 32.0 Å². The summed E-state index contributed by atoms with van der Waals surface area (Å²) in [7, 11) is 0. The lowest BCUT2D eigenvalue weighted by Gasteiger charge is -2.31. The van der Waals surface area contributed by atoms with Gasteiger partial charge in [-0.15, -0.1) is 10.2 Å². The van der Waals surface area contributed by atoms with Crippen molar-refractivity contribution < 1.29 is 4.79 Å². The van der Waals surface area contributed by atoms with E-state index in [-0.39, 0.29) is 24.3 Å². The topological polar surface area (TPSA) is 127 Å². The van der Waals surface area contributed by atoms with Gasteiger partial charge < -0.3 is 21.7 Å². The third kappa shape index (κ3) is 6.29. The summed E-state index contributed by atoms with van der Waals surface area (Å²) in [5.41, 5.74) is 14.1. The highest BCUT2D eigenvalue weighted by Crippen LogP contribution is 2.19. The van der Waals surface area contributed by atoms with E-state index >= 15 is 0 Å². The van der Waals surface area contributed by atoms with Crippen LogP contribution in [0.2, 0.25) is 0 Å². The molecule has 1 unspecified atom stereocenters.